The molecule has 3 atom stereocenters. The molecule has 1 aromatic rings. The summed E-state index contributed by atoms with van der Waals surface area (Å²) in [7, 11) is 1.61. The fourth-order valence-corrected chi connectivity index (χ4v) is 3.20. The van der Waals surface area contributed by atoms with Crippen molar-refractivity contribution in [2.45, 2.75) is 32.1 Å². The van der Waals surface area contributed by atoms with Crippen LogP contribution >= 0.6 is 11.6 Å². The van der Waals surface area contributed by atoms with Gasteiger partial charge in [-0.05, 0) is 48.9 Å². The molecule has 4 heteroatoms. The van der Waals surface area contributed by atoms with E-state index in [0.717, 1.165) is 30.6 Å². The first kappa shape index (κ1) is 14.2. The fraction of sp³-hybridized carbons (Fsp3) is 0.533. The van der Waals surface area contributed by atoms with E-state index in [1.165, 1.54) is 0 Å². The Labute approximate surface area is 118 Å². The zero-order chi connectivity index (χ0) is 14.0. The Kier molecular flexibility index (Phi) is 4.35. The molecule has 0 saturated heterocycles. The van der Waals surface area contributed by atoms with Gasteiger partial charge < -0.3 is 9.84 Å². The molecular formula is C15H19ClO3. The lowest BCUT2D eigenvalue weighted by Gasteiger charge is -2.33. The Morgan fingerprint density at radius 1 is 1.42 bits per heavy atom. The van der Waals surface area contributed by atoms with Crippen LogP contribution in [0.25, 0.3) is 0 Å². The van der Waals surface area contributed by atoms with E-state index in [0.29, 0.717) is 10.9 Å². The number of ether oxygens (including phenoxy) is 1. The van der Waals surface area contributed by atoms with Gasteiger partial charge in [0, 0.05) is 10.9 Å². The van der Waals surface area contributed by atoms with Crippen LogP contribution in [0.1, 0.15) is 37.7 Å². The first-order chi connectivity index (χ1) is 9.02. The molecular weight excluding hydrogens is 264 g/mol. The largest absolute Gasteiger partial charge is 0.496 e. The zero-order valence-corrected chi connectivity index (χ0v) is 12.0. The topological polar surface area (TPSA) is 46.5 Å². The van der Waals surface area contributed by atoms with E-state index in [9.17, 15) is 9.90 Å². The van der Waals surface area contributed by atoms with E-state index in [1.54, 1.807) is 13.2 Å². The average molecular weight is 283 g/mol. The minimum absolute atomic E-state index is 0.0186. The Morgan fingerprint density at radius 3 is 2.79 bits per heavy atom. The Balaban J connectivity index is 2.40. The number of carbonyl (C=O) groups is 1. The molecule has 0 amide bonds. The molecule has 0 aliphatic heterocycles. The maximum Gasteiger partial charge on any atom is 0.307 e. The summed E-state index contributed by atoms with van der Waals surface area (Å²) in [6.45, 7) is 2.17. The number of rotatable bonds is 3. The van der Waals surface area contributed by atoms with Gasteiger partial charge in [0.15, 0.2) is 0 Å². The van der Waals surface area contributed by atoms with Gasteiger partial charge in [0.25, 0.3) is 0 Å². The summed E-state index contributed by atoms with van der Waals surface area (Å²) in [6, 6.07) is 5.43. The molecule has 0 spiro atoms. The summed E-state index contributed by atoms with van der Waals surface area (Å²) < 4.78 is 5.37. The maximum atomic E-state index is 11.5. The van der Waals surface area contributed by atoms with Crippen LogP contribution in [0, 0.1) is 11.8 Å². The van der Waals surface area contributed by atoms with E-state index >= 15 is 0 Å². The van der Waals surface area contributed by atoms with Crippen molar-refractivity contribution >= 4 is 17.6 Å². The van der Waals surface area contributed by atoms with Gasteiger partial charge in [-0.3, -0.25) is 4.79 Å². The molecule has 1 saturated carbocycles. The molecule has 19 heavy (non-hydrogen) atoms. The second-order valence-corrected chi connectivity index (χ2v) is 5.79. The SMILES string of the molecule is COc1ccc(Cl)cc1C1CC(C)CCC1C(=O)O. The summed E-state index contributed by atoms with van der Waals surface area (Å²) in [5.41, 5.74) is 0.925. The van der Waals surface area contributed by atoms with Crippen molar-refractivity contribution in [3.8, 4) is 5.75 Å². The highest BCUT2D eigenvalue weighted by atomic mass is 35.5. The molecule has 0 radical (unpaired) electrons. The smallest absolute Gasteiger partial charge is 0.307 e. The average Bonchev–Trinajstić information content (AvgIpc) is 2.38. The van der Waals surface area contributed by atoms with Gasteiger partial charge in [-0.2, -0.15) is 0 Å². The molecule has 0 bridgehead atoms. The summed E-state index contributed by atoms with van der Waals surface area (Å²) in [4.78, 5) is 11.5. The van der Waals surface area contributed by atoms with Gasteiger partial charge in [-0.15, -0.1) is 0 Å². The first-order valence-electron chi connectivity index (χ1n) is 6.59. The van der Waals surface area contributed by atoms with Crippen LogP contribution in [-0.2, 0) is 4.79 Å². The van der Waals surface area contributed by atoms with Crippen molar-refractivity contribution in [3.05, 3.63) is 28.8 Å². The van der Waals surface area contributed by atoms with E-state index in [-0.39, 0.29) is 11.8 Å². The van der Waals surface area contributed by atoms with Crippen molar-refractivity contribution in [1.82, 2.24) is 0 Å². The number of aliphatic carboxylic acids is 1. The van der Waals surface area contributed by atoms with E-state index in [4.69, 9.17) is 16.3 Å². The van der Waals surface area contributed by atoms with Gasteiger partial charge in [-0.1, -0.05) is 18.5 Å². The molecule has 1 aromatic carbocycles. The van der Waals surface area contributed by atoms with Crippen LogP contribution < -0.4 is 4.74 Å². The molecule has 0 aromatic heterocycles. The first-order valence-corrected chi connectivity index (χ1v) is 6.97. The van der Waals surface area contributed by atoms with Crippen LogP contribution in [0.5, 0.6) is 5.75 Å². The zero-order valence-electron chi connectivity index (χ0n) is 11.2. The molecule has 3 nitrogen and oxygen atoms in total. The Morgan fingerprint density at radius 2 is 2.16 bits per heavy atom. The minimum Gasteiger partial charge on any atom is -0.496 e. The van der Waals surface area contributed by atoms with Crippen LogP contribution in [0.2, 0.25) is 5.02 Å². The fourth-order valence-electron chi connectivity index (χ4n) is 3.02. The Hall–Kier alpha value is -1.22. The van der Waals surface area contributed by atoms with E-state index in [2.05, 4.69) is 6.92 Å². The number of benzene rings is 1. The third kappa shape index (κ3) is 3.03. The van der Waals surface area contributed by atoms with Crippen LogP contribution in [-0.4, -0.2) is 18.2 Å². The number of hydrogen-bond acceptors (Lipinski definition) is 2. The number of carboxylic acid groups (broad SMARTS) is 1. The van der Waals surface area contributed by atoms with Gasteiger partial charge in [0.1, 0.15) is 5.75 Å². The van der Waals surface area contributed by atoms with Crippen molar-refractivity contribution in [2.24, 2.45) is 11.8 Å². The van der Waals surface area contributed by atoms with Crippen molar-refractivity contribution in [3.63, 3.8) is 0 Å². The summed E-state index contributed by atoms with van der Waals surface area (Å²) >= 11 is 6.05. The summed E-state index contributed by atoms with van der Waals surface area (Å²) in [6.07, 6.45) is 2.56. The lowest BCUT2D eigenvalue weighted by atomic mass is 9.71. The quantitative estimate of drug-likeness (QED) is 0.913. The number of methoxy groups -OCH3 is 1. The van der Waals surface area contributed by atoms with Crippen LogP contribution in [0.4, 0.5) is 0 Å². The third-order valence-corrected chi connectivity index (χ3v) is 4.26. The molecule has 3 unspecified atom stereocenters. The predicted molar refractivity (Wildman–Crippen MR) is 74.9 cm³/mol. The highest BCUT2D eigenvalue weighted by Crippen LogP contribution is 2.44. The molecule has 1 fully saturated rings. The van der Waals surface area contributed by atoms with Crippen molar-refractivity contribution in [2.75, 3.05) is 7.11 Å². The molecule has 1 aliphatic carbocycles. The second-order valence-electron chi connectivity index (χ2n) is 5.36. The normalized spacial score (nSPS) is 27.0. The van der Waals surface area contributed by atoms with E-state index < -0.39 is 5.97 Å². The number of carboxylic acids is 1. The monoisotopic (exact) mass is 282 g/mol. The van der Waals surface area contributed by atoms with Gasteiger partial charge in [0.05, 0.1) is 13.0 Å². The van der Waals surface area contributed by atoms with Crippen molar-refractivity contribution < 1.29 is 14.6 Å². The van der Waals surface area contributed by atoms with E-state index in [1.807, 2.05) is 12.1 Å². The molecule has 2 rings (SSSR count). The predicted octanol–water partition coefficient (Wildman–Crippen LogP) is 3.95. The standard InChI is InChI=1S/C15H19ClO3/c1-9-3-5-11(15(17)18)12(7-9)13-8-10(16)4-6-14(13)19-2/h4,6,8-9,11-12H,3,5,7H2,1-2H3,(H,17,18). The van der Waals surface area contributed by atoms with Gasteiger partial charge in [-0.25, -0.2) is 0 Å². The lowest BCUT2D eigenvalue weighted by molar-refractivity contribution is -0.143. The van der Waals surface area contributed by atoms with Crippen LogP contribution in [0.15, 0.2) is 18.2 Å². The molecule has 1 N–H and O–H groups in total. The number of hydrogen-bond donors (Lipinski definition) is 1. The Bertz CT molecular complexity index is 472. The minimum atomic E-state index is -0.723. The summed E-state index contributed by atoms with van der Waals surface area (Å²) in [5.74, 6) is 0.177. The van der Waals surface area contributed by atoms with Crippen molar-refractivity contribution in [1.29, 1.82) is 0 Å². The highest BCUT2D eigenvalue weighted by Gasteiger charge is 2.36. The highest BCUT2D eigenvalue weighted by molar-refractivity contribution is 6.30. The molecule has 0 heterocycles. The number of halogens is 1. The molecule has 104 valence electrons. The maximum absolute atomic E-state index is 11.5. The second kappa shape index (κ2) is 5.83. The van der Waals surface area contributed by atoms with Crippen LogP contribution in [0.3, 0.4) is 0 Å². The molecule has 1 aliphatic rings. The summed E-state index contributed by atoms with van der Waals surface area (Å²) in [5, 5.41) is 10.0. The van der Waals surface area contributed by atoms with Gasteiger partial charge in [0.2, 0.25) is 0 Å². The third-order valence-electron chi connectivity index (χ3n) is 4.02. The van der Waals surface area contributed by atoms with Gasteiger partial charge >= 0.3 is 5.97 Å². The lowest BCUT2D eigenvalue weighted by Crippen LogP contribution is -2.28.